The van der Waals surface area contributed by atoms with Crippen LogP contribution in [0, 0.1) is 11.6 Å². The normalized spacial score (nSPS) is 13.8. The number of carbonyl (C=O) groups excluding carboxylic acids is 3. The largest absolute Gasteiger partial charge is 0.329 e. The van der Waals surface area contributed by atoms with Crippen LogP contribution in [0.2, 0.25) is 0 Å². The Morgan fingerprint density at radius 3 is 2.40 bits per heavy atom. The van der Waals surface area contributed by atoms with Gasteiger partial charge in [0.25, 0.3) is 5.91 Å². The highest BCUT2D eigenvalue weighted by Crippen LogP contribution is 2.15. The summed E-state index contributed by atoms with van der Waals surface area (Å²) in [5.74, 6) is -2.86. The summed E-state index contributed by atoms with van der Waals surface area (Å²) in [5, 5.41) is 4.88. The van der Waals surface area contributed by atoms with E-state index in [1.807, 2.05) is 0 Å². The number of halogens is 2. The number of amides is 4. The van der Waals surface area contributed by atoms with Gasteiger partial charge in [-0.2, -0.15) is 0 Å². The third-order valence-corrected chi connectivity index (χ3v) is 3.67. The van der Waals surface area contributed by atoms with Crippen LogP contribution in [-0.4, -0.2) is 29.3 Å². The fraction of sp³-hybridized carbons (Fsp3) is 0.118. The van der Waals surface area contributed by atoms with Crippen LogP contribution in [0.3, 0.4) is 0 Å². The summed E-state index contributed by atoms with van der Waals surface area (Å²) in [5.41, 5.74) is 1.10. The second-order valence-corrected chi connectivity index (χ2v) is 5.42. The van der Waals surface area contributed by atoms with Crippen LogP contribution >= 0.6 is 0 Å². The number of nitrogens with zero attached hydrogens (tertiary/aromatic N) is 1. The van der Waals surface area contributed by atoms with Gasteiger partial charge in [-0.15, -0.1) is 0 Å². The maximum absolute atomic E-state index is 13.2. The lowest BCUT2D eigenvalue weighted by atomic mass is 10.1. The molecule has 6 nitrogen and oxygen atoms in total. The minimum absolute atomic E-state index is 0.0203. The van der Waals surface area contributed by atoms with E-state index in [1.165, 1.54) is 18.2 Å². The second-order valence-electron chi connectivity index (χ2n) is 5.42. The maximum atomic E-state index is 13.2. The summed E-state index contributed by atoms with van der Waals surface area (Å²) in [4.78, 5) is 36.2. The number of anilines is 1. The second kappa shape index (κ2) is 6.68. The first kappa shape index (κ1) is 16.6. The van der Waals surface area contributed by atoms with E-state index in [-0.39, 0.29) is 24.7 Å². The minimum atomic E-state index is -1.05. The molecule has 0 bridgehead atoms. The van der Waals surface area contributed by atoms with Crippen molar-refractivity contribution in [3.63, 3.8) is 0 Å². The van der Waals surface area contributed by atoms with Gasteiger partial charge in [-0.3, -0.25) is 14.5 Å². The Hall–Kier alpha value is -3.29. The number of nitrogens with one attached hydrogen (secondary N) is 2. The number of rotatable bonds is 4. The highest BCUT2D eigenvalue weighted by molar-refractivity contribution is 6.04. The van der Waals surface area contributed by atoms with Gasteiger partial charge >= 0.3 is 6.03 Å². The molecule has 0 atom stereocenters. The van der Waals surface area contributed by atoms with Crippen LogP contribution in [0.5, 0.6) is 0 Å². The molecule has 3 rings (SSSR count). The number of urea groups is 1. The molecule has 1 aliphatic heterocycles. The van der Waals surface area contributed by atoms with E-state index in [9.17, 15) is 23.2 Å². The maximum Gasteiger partial charge on any atom is 0.324 e. The Balaban J connectivity index is 1.67. The predicted molar refractivity (Wildman–Crippen MR) is 84.7 cm³/mol. The van der Waals surface area contributed by atoms with Crippen LogP contribution in [0.4, 0.5) is 19.3 Å². The molecule has 1 saturated heterocycles. The van der Waals surface area contributed by atoms with Crippen molar-refractivity contribution in [2.75, 3.05) is 11.9 Å². The van der Waals surface area contributed by atoms with Crippen molar-refractivity contribution in [2.24, 2.45) is 0 Å². The highest BCUT2D eigenvalue weighted by atomic mass is 19.2. The number of hydrogen-bond donors (Lipinski definition) is 2. The first-order valence-electron chi connectivity index (χ1n) is 7.37. The molecule has 2 aromatic carbocycles. The summed E-state index contributed by atoms with van der Waals surface area (Å²) < 4.78 is 26.0. The Morgan fingerprint density at radius 1 is 1.08 bits per heavy atom. The van der Waals surface area contributed by atoms with Gasteiger partial charge in [-0.25, -0.2) is 13.6 Å². The quantitative estimate of drug-likeness (QED) is 0.835. The van der Waals surface area contributed by atoms with E-state index in [1.54, 1.807) is 12.1 Å². The molecule has 0 aromatic heterocycles. The summed E-state index contributed by atoms with van der Waals surface area (Å²) in [6.45, 7) is 0.0866. The van der Waals surface area contributed by atoms with Gasteiger partial charge in [0.15, 0.2) is 11.6 Å². The molecule has 2 aromatic rings. The molecule has 25 heavy (non-hydrogen) atoms. The van der Waals surface area contributed by atoms with E-state index in [4.69, 9.17) is 0 Å². The van der Waals surface area contributed by atoms with Gasteiger partial charge in [0.1, 0.15) is 0 Å². The topological polar surface area (TPSA) is 78.5 Å². The van der Waals surface area contributed by atoms with Crippen LogP contribution in [0.1, 0.15) is 15.9 Å². The molecule has 4 amide bonds. The van der Waals surface area contributed by atoms with Crippen LogP contribution in [0.15, 0.2) is 42.5 Å². The van der Waals surface area contributed by atoms with Gasteiger partial charge in [0, 0.05) is 17.3 Å². The van der Waals surface area contributed by atoms with Crippen molar-refractivity contribution < 1.29 is 23.2 Å². The number of hydrogen-bond acceptors (Lipinski definition) is 3. The number of carbonyl (C=O) groups is 3. The lowest BCUT2D eigenvalue weighted by Crippen LogP contribution is -2.30. The van der Waals surface area contributed by atoms with E-state index in [0.717, 1.165) is 17.0 Å². The van der Waals surface area contributed by atoms with Crippen molar-refractivity contribution in [3.05, 3.63) is 65.2 Å². The van der Waals surface area contributed by atoms with Crippen LogP contribution in [0.25, 0.3) is 0 Å². The fourth-order valence-electron chi connectivity index (χ4n) is 2.34. The third kappa shape index (κ3) is 3.63. The van der Waals surface area contributed by atoms with Gasteiger partial charge in [-0.1, -0.05) is 12.1 Å². The van der Waals surface area contributed by atoms with Crippen molar-refractivity contribution in [1.82, 2.24) is 10.2 Å². The monoisotopic (exact) mass is 345 g/mol. The average molecular weight is 345 g/mol. The standard InChI is InChI=1S/C17H13F2N3O3/c18-13-6-5-12(7-14(13)19)21-16(24)11-3-1-10(2-4-11)9-22-15(23)8-20-17(22)25/h1-7H,8-9H2,(H,20,25)(H,21,24). The molecule has 1 fully saturated rings. The van der Waals surface area contributed by atoms with Crippen LogP contribution in [-0.2, 0) is 11.3 Å². The van der Waals surface area contributed by atoms with Crippen molar-refractivity contribution in [2.45, 2.75) is 6.54 Å². The van der Waals surface area contributed by atoms with E-state index in [0.29, 0.717) is 11.1 Å². The van der Waals surface area contributed by atoms with Crippen molar-refractivity contribution in [3.8, 4) is 0 Å². The SMILES string of the molecule is O=C(Nc1ccc(F)c(F)c1)c1ccc(CN2C(=O)CNC2=O)cc1. The molecule has 8 heteroatoms. The lowest BCUT2D eigenvalue weighted by molar-refractivity contribution is -0.125. The molecular weight excluding hydrogens is 332 g/mol. The summed E-state index contributed by atoms with van der Waals surface area (Å²) in [7, 11) is 0. The van der Waals surface area contributed by atoms with Gasteiger partial charge < -0.3 is 10.6 Å². The lowest BCUT2D eigenvalue weighted by Gasteiger charge is -2.12. The molecule has 1 aliphatic rings. The van der Waals surface area contributed by atoms with Crippen LogP contribution < -0.4 is 10.6 Å². The molecule has 1 heterocycles. The Bertz CT molecular complexity index is 837. The fourth-order valence-corrected chi connectivity index (χ4v) is 2.34. The third-order valence-electron chi connectivity index (χ3n) is 3.67. The summed E-state index contributed by atoms with van der Waals surface area (Å²) >= 11 is 0. The molecule has 128 valence electrons. The Labute approximate surface area is 141 Å². The van der Waals surface area contributed by atoms with E-state index < -0.39 is 23.6 Å². The predicted octanol–water partition coefficient (Wildman–Crippen LogP) is 2.27. The number of benzene rings is 2. The zero-order valence-corrected chi connectivity index (χ0v) is 12.9. The Morgan fingerprint density at radius 2 is 1.80 bits per heavy atom. The van der Waals surface area contributed by atoms with E-state index >= 15 is 0 Å². The first-order valence-corrected chi connectivity index (χ1v) is 7.37. The minimum Gasteiger partial charge on any atom is -0.329 e. The summed E-state index contributed by atoms with van der Waals surface area (Å²) in [6.07, 6.45) is 0. The van der Waals surface area contributed by atoms with Crippen molar-refractivity contribution in [1.29, 1.82) is 0 Å². The Kier molecular flexibility index (Phi) is 4.42. The highest BCUT2D eigenvalue weighted by Gasteiger charge is 2.28. The zero-order valence-electron chi connectivity index (χ0n) is 12.9. The first-order chi connectivity index (χ1) is 11.9. The van der Waals surface area contributed by atoms with E-state index in [2.05, 4.69) is 10.6 Å². The number of imide groups is 1. The molecule has 2 N–H and O–H groups in total. The molecule has 0 unspecified atom stereocenters. The molecule has 0 radical (unpaired) electrons. The molecular formula is C17H13F2N3O3. The van der Waals surface area contributed by atoms with Gasteiger partial charge in [-0.05, 0) is 29.8 Å². The molecule has 0 spiro atoms. The van der Waals surface area contributed by atoms with Gasteiger partial charge in [0.05, 0.1) is 13.1 Å². The smallest absolute Gasteiger partial charge is 0.324 e. The van der Waals surface area contributed by atoms with Gasteiger partial charge in [0.2, 0.25) is 5.91 Å². The molecule has 0 saturated carbocycles. The molecule has 0 aliphatic carbocycles. The zero-order chi connectivity index (χ0) is 18.0. The summed E-state index contributed by atoms with van der Waals surface area (Å²) in [6, 6.07) is 8.86. The van der Waals surface area contributed by atoms with Crippen molar-refractivity contribution >= 4 is 23.5 Å². The average Bonchev–Trinajstić information content (AvgIpc) is 2.91.